The summed E-state index contributed by atoms with van der Waals surface area (Å²) in [4.78, 5) is 13.6. The number of hydrogen-bond acceptors (Lipinski definition) is 1. The first kappa shape index (κ1) is 7.59. The van der Waals surface area contributed by atoms with Gasteiger partial charge in [-0.3, -0.25) is 4.79 Å². The van der Waals surface area contributed by atoms with E-state index >= 15 is 0 Å². The Balaban J connectivity index is 1.98. The van der Waals surface area contributed by atoms with Crippen LogP contribution in [0.25, 0.3) is 0 Å². The van der Waals surface area contributed by atoms with Gasteiger partial charge in [-0.15, -0.1) is 0 Å². The lowest BCUT2D eigenvalue weighted by Crippen LogP contribution is -2.41. The number of halogens is 1. The van der Waals surface area contributed by atoms with Gasteiger partial charge in [0.05, 0.1) is 4.83 Å². The summed E-state index contributed by atoms with van der Waals surface area (Å²) >= 11 is 3.37. The van der Waals surface area contributed by atoms with Crippen LogP contribution in [0.1, 0.15) is 25.7 Å². The number of alkyl halides is 1. The molecule has 11 heavy (non-hydrogen) atoms. The van der Waals surface area contributed by atoms with Crippen molar-refractivity contribution in [2.45, 2.75) is 36.6 Å². The Morgan fingerprint density at radius 1 is 1.36 bits per heavy atom. The van der Waals surface area contributed by atoms with E-state index in [1.54, 1.807) is 0 Å². The fourth-order valence-corrected chi connectivity index (χ4v) is 2.19. The van der Waals surface area contributed by atoms with Gasteiger partial charge in [0.1, 0.15) is 0 Å². The maximum absolute atomic E-state index is 11.4. The smallest absolute Gasteiger partial charge is 0.236 e. The van der Waals surface area contributed by atoms with Crippen LogP contribution in [-0.2, 0) is 4.79 Å². The first-order valence-electron chi connectivity index (χ1n) is 4.23. The van der Waals surface area contributed by atoms with Crippen LogP contribution in [0, 0.1) is 0 Å². The molecule has 0 spiro atoms. The van der Waals surface area contributed by atoms with Crippen LogP contribution in [0.15, 0.2) is 0 Å². The quantitative estimate of drug-likeness (QED) is 0.611. The summed E-state index contributed by atoms with van der Waals surface area (Å²) in [5, 5.41) is 0. The highest BCUT2D eigenvalue weighted by atomic mass is 79.9. The molecule has 0 radical (unpaired) electrons. The van der Waals surface area contributed by atoms with Crippen molar-refractivity contribution in [3.05, 3.63) is 0 Å². The number of amides is 1. The fraction of sp³-hybridized carbons (Fsp3) is 0.875. The molecule has 0 aromatic heterocycles. The third kappa shape index (κ3) is 1.19. The van der Waals surface area contributed by atoms with Crippen LogP contribution < -0.4 is 0 Å². The Bertz CT molecular complexity index is 179. The lowest BCUT2D eigenvalue weighted by molar-refractivity contribution is -0.130. The molecular formula is C8H12BrNO. The second-order valence-electron chi connectivity index (χ2n) is 3.37. The summed E-state index contributed by atoms with van der Waals surface area (Å²) in [7, 11) is 0. The molecule has 1 amide bonds. The van der Waals surface area contributed by atoms with Crippen LogP contribution >= 0.6 is 15.9 Å². The van der Waals surface area contributed by atoms with E-state index in [9.17, 15) is 4.79 Å². The van der Waals surface area contributed by atoms with Crippen LogP contribution in [0.4, 0.5) is 0 Å². The molecule has 3 heteroatoms. The third-order valence-corrected chi connectivity index (χ3v) is 3.54. The van der Waals surface area contributed by atoms with E-state index in [4.69, 9.17) is 0 Å². The van der Waals surface area contributed by atoms with E-state index in [-0.39, 0.29) is 4.83 Å². The van der Waals surface area contributed by atoms with Gasteiger partial charge >= 0.3 is 0 Å². The van der Waals surface area contributed by atoms with Crippen molar-refractivity contribution in [3.8, 4) is 0 Å². The Morgan fingerprint density at radius 3 is 2.45 bits per heavy atom. The summed E-state index contributed by atoms with van der Waals surface area (Å²) in [5.41, 5.74) is 0. The summed E-state index contributed by atoms with van der Waals surface area (Å²) in [6, 6.07) is 0.588. The van der Waals surface area contributed by atoms with Gasteiger partial charge in [0.15, 0.2) is 0 Å². The normalized spacial score (nSPS) is 32.6. The average Bonchev–Trinajstić information content (AvgIpc) is 2.15. The monoisotopic (exact) mass is 217 g/mol. The lowest BCUT2D eigenvalue weighted by Gasteiger charge is -2.34. The fourth-order valence-electron chi connectivity index (χ4n) is 1.73. The van der Waals surface area contributed by atoms with Crippen molar-refractivity contribution < 1.29 is 4.79 Å². The summed E-state index contributed by atoms with van der Waals surface area (Å²) in [5.74, 6) is 0.315. The van der Waals surface area contributed by atoms with Crippen molar-refractivity contribution in [1.29, 1.82) is 0 Å². The molecule has 0 bridgehead atoms. The molecule has 62 valence electrons. The molecular weight excluding hydrogens is 206 g/mol. The summed E-state index contributed by atoms with van der Waals surface area (Å²) < 4.78 is 0. The molecule has 1 atom stereocenters. The maximum Gasteiger partial charge on any atom is 0.236 e. The number of carbonyl (C=O) groups is 1. The van der Waals surface area contributed by atoms with Gasteiger partial charge in [-0.1, -0.05) is 15.9 Å². The van der Waals surface area contributed by atoms with E-state index in [2.05, 4.69) is 15.9 Å². The van der Waals surface area contributed by atoms with Gasteiger partial charge in [0.2, 0.25) is 5.91 Å². The minimum Gasteiger partial charge on any atom is -0.339 e. The Kier molecular flexibility index (Phi) is 1.91. The summed E-state index contributed by atoms with van der Waals surface area (Å²) in [6.45, 7) is 0.972. The van der Waals surface area contributed by atoms with E-state index in [0.29, 0.717) is 11.9 Å². The predicted octanol–water partition coefficient (Wildman–Crippen LogP) is 1.53. The van der Waals surface area contributed by atoms with Gasteiger partial charge in [-0.05, 0) is 25.7 Å². The minimum atomic E-state index is 0.114. The number of hydrogen-bond donors (Lipinski definition) is 0. The SMILES string of the molecule is O=C1[C@H](Br)CCN1C1CCC1. The zero-order valence-corrected chi connectivity index (χ0v) is 8.01. The first-order valence-corrected chi connectivity index (χ1v) is 5.15. The standard InChI is InChI=1S/C8H12BrNO/c9-7-4-5-10(8(7)11)6-2-1-3-6/h6-7H,1-5H2/t7-/m1/s1. The molecule has 1 saturated carbocycles. The number of likely N-dealkylation sites (tertiary alicyclic amines) is 1. The van der Waals surface area contributed by atoms with Crippen LogP contribution in [0.2, 0.25) is 0 Å². The topological polar surface area (TPSA) is 20.3 Å². The molecule has 0 N–H and O–H groups in total. The predicted molar refractivity (Wildman–Crippen MR) is 46.7 cm³/mol. The second-order valence-corrected chi connectivity index (χ2v) is 4.48. The van der Waals surface area contributed by atoms with Gasteiger partial charge < -0.3 is 4.90 Å². The van der Waals surface area contributed by atoms with Crippen LogP contribution in [-0.4, -0.2) is 28.2 Å². The van der Waals surface area contributed by atoms with Gasteiger partial charge in [0.25, 0.3) is 0 Å². The molecule has 2 fully saturated rings. The van der Waals surface area contributed by atoms with Crippen molar-refractivity contribution in [2.24, 2.45) is 0 Å². The van der Waals surface area contributed by atoms with Crippen molar-refractivity contribution in [2.75, 3.05) is 6.54 Å². The molecule has 0 aromatic rings. The minimum absolute atomic E-state index is 0.114. The first-order chi connectivity index (χ1) is 5.29. The van der Waals surface area contributed by atoms with E-state index in [0.717, 1.165) is 13.0 Å². The Hall–Kier alpha value is -0.0500. The molecule has 1 aliphatic heterocycles. The maximum atomic E-state index is 11.4. The molecule has 1 heterocycles. The van der Waals surface area contributed by atoms with Gasteiger partial charge in [-0.2, -0.15) is 0 Å². The van der Waals surface area contributed by atoms with Crippen molar-refractivity contribution in [1.82, 2.24) is 4.90 Å². The van der Waals surface area contributed by atoms with Crippen molar-refractivity contribution >= 4 is 21.8 Å². The van der Waals surface area contributed by atoms with Crippen LogP contribution in [0.5, 0.6) is 0 Å². The van der Waals surface area contributed by atoms with Gasteiger partial charge in [-0.25, -0.2) is 0 Å². The third-order valence-electron chi connectivity index (χ3n) is 2.69. The second kappa shape index (κ2) is 2.77. The van der Waals surface area contributed by atoms with Gasteiger partial charge in [0, 0.05) is 12.6 Å². The molecule has 2 nitrogen and oxygen atoms in total. The molecule has 0 unspecified atom stereocenters. The molecule has 2 aliphatic rings. The lowest BCUT2D eigenvalue weighted by atomic mass is 9.92. The summed E-state index contributed by atoms with van der Waals surface area (Å²) in [6.07, 6.45) is 4.76. The highest BCUT2D eigenvalue weighted by Crippen LogP contribution is 2.30. The highest BCUT2D eigenvalue weighted by molar-refractivity contribution is 9.10. The van der Waals surface area contributed by atoms with Crippen molar-refractivity contribution in [3.63, 3.8) is 0 Å². The molecule has 1 saturated heterocycles. The van der Waals surface area contributed by atoms with E-state index < -0.39 is 0 Å². The molecule has 1 aliphatic carbocycles. The Labute approximate surface area is 75.1 Å². The largest absolute Gasteiger partial charge is 0.339 e. The number of carbonyl (C=O) groups excluding carboxylic acids is 1. The number of rotatable bonds is 1. The number of nitrogens with zero attached hydrogens (tertiary/aromatic N) is 1. The average molecular weight is 218 g/mol. The van der Waals surface area contributed by atoms with E-state index in [1.807, 2.05) is 4.90 Å². The molecule has 0 aromatic carbocycles. The zero-order chi connectivity index (χ0) is 7.84. The molecule has 2 rings (SSSR count). The zero-order valence-electron chi connectivity index (χ0n) is 6.42. The van der Waals surface area contributed by atoms with Crippen LogP contribution in [0.3, 0.4) is 0 Å². The Morgan fingerprint density at radius 2 is 2.09 bits per heavy atom. The highest BCUT2D eigenvalue weighted by Gasteiger charge is 2.36. The van der Waals surface area contributed by atoms with E-state index in [1.165, 1.54) is 19.3 Å².